The van der Waals surface area contributed by atoms with E-state index in [-0.39, 0.29) is 35.2 Å². The standard InChI is InChI=1S/C19H16FN7O3S/c1-29-15-7-16(30-2)26-19(25-15)24-14(28)9-31-18-13-8-23-27(17(13)21-10-22-18)12-5-3-11(20)4-6-12/h3-8,10H,9H2,1-2H3,(H,24,25,26,28). The lowest BCUT2D eigenvalue weighted by Gasteiger charge is -2.07. The summed E-state index contributed by atoms with van der Waals surface area (Å²) in [4.78, 5) is 29.0. The van der Waals surface area contributed by atoms with Crippen molar-refractivity contribution in [3.63, 3.8) is 0 Å². The second-order valence-corrected chi connectivity index (χ2v) is 7.03. The SMILES string of the molecule is COc1cc(OC)nc(NC(=O)CSc2ncnc3c2cnn3-c2ccc(F)cc2)n1. The number of fused-ring (bicyclic) bond motifs is 1. The minimum absolute atomic E-state index is 0.0523. The van der Waals surface area contributed by atoms with Crippen LogP contribution in [-0.2, 0) is 4.79 Å². The van der Waals surface area contributed by atoms with Gasteiger partial charge in [-0.1, -0.05) is 11.8 Å². The zero-order chi connectivity index (χ0) is 21.8. The van der Waals surface area contributed by atoms with Gasteiger partial charge in [-0.15, -0.1) is 0 Å². The number of hydrogen-bond acceptors (Lipinski definition) is 9. The van der Waals surface area contributed by atoms with E-state index < -0.39 is 0 Å². The molecule has 0 aliphatic heterocycles. The van der Waals surface area contributed by atoms with Crippen molar-refractivity contribution < 1.29 is 18.7 Å². The number of anilines is 1. The zero-order valence-corrected chi connectivity index (χ0v) is 17.3. The van der Waals surface area contributed by atoms with Gasteiger partial charge in [0.1, 0.15) is 17.2 Å². The van der Waals surface area contributed by atoms with Crippen molar-refractivity contribution in [2.75, 3.05) is 25.3 Å². The van der Waals surface area contributed by atoms with E-state index in [0.717, 1.165) is 0 Å². The number of ether oxygens (including phenoxy) is 2. The lowest BCUT2D eigenvalue weighted by atomic mass is 10.3. The second kappa shape index (κ2) is 8.92. The number of methoxy groups -OCH3 is 2. The van der Waals surface area contributed by atoms with Crippen molar-refractivity contribution in [2.24, 2.45) is 0 Å². The Kier molecular flexibility index (Phi) is 5.89. The molecule has 3 heterocycles. The van der Waals surface area contributed by atoms with E-state index in [4.69, 9.17) is 9.47 Å². The Morgan fingerprint density at radius 2 is 1.84 bits per heavy atom. The van der Waals surface area contributed by atoms with Gasteiger partial charge in [0, 0.05) is 0 Å². The first-order chi connectivity index (χ1) is 15.1. The van der Waals surface area contributed by atoms with Crippen LogP contribution in [0, 0.1) is 5.82 Å². The van der Waals surface area contributed by atoms with Crippen molar-refractivity contribution in [3.05, 3.63) is 48.7 Å². The van der Waals surface area contributed by atoms with Gasteiger partial charge in [0.15, 0.2) is 5.65 Å². The molecule has 4 aromatic rings. The predicted molar refractivity (Wildman–Crippen MR) is 111 cm³/mol. The molecule has 4 rings (SSSR count). The Morgan fingerprint density at radius 3 is 2.52 bits per heavy atom. The molecule has 1 amide bonds. The molecule has 10 nitrogen and oxygen atoms in total. The number of halogens is 1. The summed E-state index contributed by atoms with van der Waals surface area (Å²) in [5, 5.41) is 8.17. The third-order valence-corrected chi connectivity index (χ3v) is 5.09. The Bertz CT molecular complexity index is 1210. The Labute approximate surface area is 179 Å². The highest BCUT2D eigenvalue weighted by Crippen LogP contribution is 2.26. The number of nitrogens with zero attached hydrogens (tertiary/aromatic N) is 6. The van der Waals surface area contributed by atoms with Crippen molar-refractivity contribution in [2.45, 2.75) is 5.03 Å². The zero-order valence-electron chi connectivity index (χ0n) is 16.4. The van der Waals surface area contributed by atoms with Crippen molar-refractivity contribution in [1.29, 1.82) is 0 Å². The number of carbonyl (C=O) groups excluding carboxylic acids is 1. The summed E-state index contributed by atoms with van der Waals surface area (Å²) in [5.41, 5.74) is 1.21. The van der Waals surface area contributed by atoms with Crippen LogP contribution in [0.3, 0.4) is 0 Å². The van der Waals surface area contributed by atoms with Crippen molar-refractivity contribution >= 4 is 34.7 Å². The molecule has 12 heteroatoms. The van der Waals surface area contributed by atoms with Crippen molar-refractivity contribution in [3.8, 4) is 17.4 Å². The molecule has 0 saturated heterocycles. The smallest absolute Gasteiger partial charge is 0.237 e. The number of nitrogens with one attached hydrogen (secondary N) is 1. The van der Waals surface area contributed by atoms with Crippen LogP contribution >= 0.6 is 11.8 Å². The van der Waals surface area contributed by atoms with Gasteiger partial charge in [0.25, 0.3) is 0 Å². The third-order valence-electron chi connectivity index (χ3n) is 4.09. The first-order valence-electron chi connectivity index (χ1n) is 8.92. The summed E-state index contributed by atoms with van der Waals surface area (Å²) in [6.45, 7) is 0. The van der Waals surface area contributed by atoms with Gasteiger partial charge in [-0.2, -0.15) is 15.1 Å². The average Bonchev–Trinajstić information content (AvgIpc) is 3.22. The molecular weight excluding hydrogens is 425 g/mol. The molecule has 31 heavy (non-hydrogen) atoms. The van der Waals surface area contributed by atoms with E-state index in [2.05, 4.69) is 30.4 Å². The number of aromatic nitrogens is 6. The number of amides is 1. The van der Waals surface area contributed by atoms with E-state index in [9.17, 15) is 9.18 Å². The molecule has 0 radical (unpaired) electrons. The van der Waals surface area contributed by atoms with Gasteiger partial charge < -0.3 is 9.47 Å². The normalized spacial score (nSPS) is 10.8. The monoisotopic (exact) mass is 441 g/mol. The van der Waals surface area contributed by atoms with Crippen LogP contribution in [0.15, 0.2) is 47.9 Å². The maximum atomic E-state index is 13.2. The highest BCUT2D eigenvalue weighted by atomic mass is 32.2. The fraction of sp³-hybridized carbons (Fsp3) is 0.158. The highest BCUT2D eigenvalue weighted by molar-refractivity contribution is 8.00. The highest BCUT2D eigenvalue weighted by Gasteiger charge is 2.14. The summed E-state index contributed by atoms with van der Waals surface area (Å²) in [7, 11) is 2.91. The van der Waals surface area contributed by atoms with Gasteiger partial charge >= 0.3 is 0 Å². The minimum Gasteiger partial charge on any atom is -0.481 e. The van der Waals surface area contributed by atoms with E-state index in [0.29, 0.717) is 21.7 Å². The predicted octanol–water partition coefficient (Wildman–Crippen LogP) is 2.49. The van der Waals surface area contributed by atoms with Crippen LogP contribution in [0.2, 0.25) is 0 Å². The first-order valence-corrected chi connectivity index (χ1v) is 9.90. The summed E-state index contributed by atoms with van der Waals surface area (Å²) >= 11 is 1.21. The van der Waals surface area contributed by atoms with Gasteiger partial charge in [-0.3, -0.25) is 10.1 Å². The lowest BCUT2D eigenvalue weighted by molar-refractivity contribution is -0.113. The molecule has 0 spiro atoms. The van der Waals surface area contributed by atoms with E-state index in [1.165, 1.54) is 50.5 Å². The Morgan fingerprint density at radius 1 is 1.13 bits per heavy atom. The van der Waals surface area contributed by atoms with Crippen LogP contribution in [0.5, 0.6) is 11.8 Å². The minimum atomic E-state index is -0.338. The number of rotatable bonds is 7. The summed E-state index contributed by atoms with van der Waals surface area (Å²) in [5.74, 6) is -0.0241. The fourth-order valence-electron chi connectivity index (χ4n) is 2.67. The largest absolute Gasteiger partial charge is 0.481 e. The lowest BCUT2D eigenvalue weighted by Crippen LogP contribution is -2.16. The summed E-state index contributed by atoms with van der Waals surface area (Å²) in [6.07, 6.45) is 3.00. The van der Waals surface area contributed by atoms with E-state index >= 15 is 0 Å². The number of thioether (sulfide) groups is 1. The maximum Gasteiger partial charge on any atom is 0.237 e. The number of hydrogen-bond donors (Lipinski definition) is 1. The van der Waals surface area contributed by atoms with Crippen LogP contribution < -0.4 is 14.8 Å². The topological polar surface area (TPSA) is 117 Å². The van der Waals surface area contributed by atoms with Gasteiger partial charge in [-0.25, -0.2) is 19.0 Å². The van der Waals surface area contributed by atoms with E-state index in [1.807, 2.05) is 0 Å². The van der Waals surface area contributed by atoms with Gasteiger partial charge in [0.2, 0.25) is 23.6 Å². The molecule has 0 aliphatic carbocycles. The summed E-state index contributed by atoms with van der Waals surface area (Å²) < 4.78 is 24.9. The van der Waals surface area contributed by atoms with Gasteiger partial charge in [0.05, 0.1) is 43.3 Å². The molecule has 158 valence electrons. The fourth-order valence-corrected chi connectivity index (χ4v) is 3.43. The second-order valence-electron chi connectivity index (χ2n) is 6.06. The molecule has 0 bridgehead atoms. The van der Waals surface area contributed by atoms with Crippen LogP contribution in [-0.4, -0.2) is 55.6 Å². The molecular formula is C19H16FN7O3S. The summed E-state index contributed by atoms with van der Waals surface area (Å²) in [6, 6.07) is 7.40. The van der Waals surface area contributed by atoms with Crippen molar-refractivity contribution in [1.82, 2.24) is 29.7 Å². The number of carbonyl (C=O) groups is 1. The molecule has 1 aromatic carbocycles. The molecule has 3 aromatic heterocycles. The van der Waals surface area contributed by atoms with Crippen LogP contribution in [0.25, 0.3) is 16.7 Å². The van der Waals surface area contributed by atoms with Gasteiger partial charge in [-0.05, 0) is 24.3 Å². The van der Waals surface area contributed by atoms with E-state index in [1.54, 1.807) is 23.0 Å². The third kappa shape index (κ3) is 4.53. The molecule has 0 saturated carbocycles. The average molecular weight is 441 g/mol. The Balaban J connectivity index is 1.49. The molecule has 0 atom stereocenters. The molecule has 0 aliphatic rings. The maximum absolute atomic E-state index is 13.2. The first kappa shape index (κ1) is 20.5. The quantitative estimate of drug-likeness (QED) is 0.341. The Hall–Kier alpha value is -3.80. The molecule has 1 N–H and O–H groups in total. The van der Waals surface area contributed by atoms with Crippen LogP contribution in [0.1, 0.15) is 0 Å². The van der Waals surface area contributed by atoms with Crippen LogP contribution in [0.4, 0.5) is 10.3 Å². The molecule has 0 fully saturated rings. The number of benzene rings is 1. The molecule has 0 unspecified atom stereocenters.